The van der Waals surface area contributed by atoms with Crippen molar-refractivity contribution in [2.45, 2.75) is 59.0 Å². The molecule has 146 valence electrons. The van der Waals surface area contributed by atoms with Crippen LogP contribution in [0.25, 0.3) is 0 Å². The Hall–Kier alpha value is -2.08. The first-order valence-corrected chi connectivity index (χ1v) is 9.22. The average molecular weight is 365 g/mol. The summed E-state index contributed by atoms with van der Waals surface area (Å²) in [5.74, 6) is -0.299. The second kappa shape index (κ2) is 10.8. The number of methoxy groups -OCH3 is 1. The van der Waals surface area contributed by atoms with Crippen molar-refractivity contribution in [3.8, 4) is 5.75 Å². The summed E-state index contributed by atoms with van der Waals surface area (Å²) in [6, 6.07) is 4.95. The fourth-order valence-corrected chi connectivity index (χ4v) is 2.53. The molecule has 26 heavy (non-hydrogen) atoms. The summed E-state index contributed by atoms with van der Waals surface area (Å²) in [7, 11) is 1.31. The van der Waals surface area contributed by atoms with Gasteiger partial charge < -0.3 is 19.5 Å². The van der Waals surface area contributed by atoms with Gasteiger partial charge in [-0.25, -0.2) is 4.79 Å². The van der Waals surface area contributed by atoms with Crippen LogP contribution in [0.1, 0.15) is 63.7 Å². The number of rotatable bonds is 11. The van der Waals surface area contributed by atoms with E-state index < -0.39 is 11.6 Å². The highest BCUT2D eigenvalue weighted by Gasteiger charge is 2.33. The molecule has 1 aromatic rings. The number of carbonyl (C=O) groups excluding carboxylic acids is 2. The van der Waals surface area contributed by atoms with Crippen molar-refractivity contribution < 1.29 is 23.8 Å². The predicted molar refractivity (Wildman–Crippen MR) is 102 cm³/mol. The van der Waals surface area contributed by atoms with Gasteiger partial charge in [-0.15, -0.1) is 0 Å². The molecule has 1 N–H and O–H groups in total. The van der Waals surface area contributed by atoms with Crippen molar-refractivity contribution >= 4 is 17.6 Å². The van der Waals surface area contributed by atoms with E-state index in [1.165, 1.54) is 7.11 Å². The molecule has 0 saturated heterocycles. The Bertz CT molecular complexity index is 602. The van der Waals surface area contributed by atoms with Crippen LogP contribution in [-0.2, 0) is 14.3 Å². The lowest BCUT2D eigenvalue weighted by atomic mass is 9.98. The van der Waals surface area contributed by atoms with Gasteiger partial charge in [0, 0.05) is 12.3 Å². The molecule has 0 fully saturated rings. The zero-order valence-corrected chi connectivity index (χ0v) is 16.5. The van der Waals surface area contributed by atoms with E-state index >= 15 is 0 Å². The van der Waals surface area contributed by atoms with E-state index in [0.717, 1.165) is 19.3 Å². The second-order valence-corrected chi connectivity index (χ2v) is 6.33. The third kappa shape index (κ3) is 6.02. The Morgan fingerprint density at radius 1 is 1.08 bits per heavy atom. The minimum absolute atomic E-state index is 0.231. The first kappa shape index (κ1) is 22.0. The highest BCUT2D eigenvalue weighted by atomic mass is 16.5. The fraction of sp³-hybridized carbons (Fsp3) is 0.600. The predicted octanol–water partition coefficient (Wildman–Crippen LogP) is 4.19. The number of hydrogen-bond acceptors (Lipinski definition) is 5. The molecule has 6 nitrogen and oxygen atoms in total. The summed E-state index contributed by atoms with van der Waals surface area (Å²) in [4.78, 5) is 24.8. The van der Waals surface area contributed by atoms with Crippen LogP contribution >= 0.6 is 0 Å². The van der Waals surface area contributed by atoms with Crippen molar-refractivity contribution in [3.63, 3.8) is 0 Å². The maximum Gasteiger partial charge on any atom is 0.341 e. The van der Waals surface area contributed by atoms with Crippen molar-refractivity contribution in [1.29, 1.82) is 0 Å². The first-order valence-electron chi connectivity index (χ1n) is 9.22. The van der Waals surface area contributed by atoms with Crippen LogP contribution in [0.2, 0.25) is 0 Å². The molecule has 0 aliphatic heterocycles. The number of amides is 1. The van der Waals surface area contributed by atoms with Gasteiger partial charge in [-0.3, -0.25) is 4.79 Å². The van der Waals surface area contributed by atoms with E-state index in [0.29, 0.717) is 31.1 Å². The van der Waals surface area contributed by atoms with Crippen LogP contribution in [0.3, 0.4) is 0 Å². The zero-order chi connectivity index (χ0) is 19.6. The molecule has 1 rings (SSSR count). The number of ether oxygens (including phenoxy) is 3. The quantitative estimate of drug-likeness (QED) is 0.595. The minimum atomic E-state index is -0.909. The molecule has 6 heteroatoms. The maximum absolute atomic E-state index is 12.8. The average Bonchev–Trinajstić information content (AvgIpc) is 2.64. The monoisotopic (exact) mass is 365 g/mol. The lowest BCUT2D eigenvalue weighted by molar-refractivity contribution is -0.140. The van der Waals surface area contributed by atoms with Gasteiger partial charge >= 0.3 is 5.97 Å². The van der Waals surface area contributed by atoms with E-state index in [2.05, 4.69) is 5.32 Å². The number of hydrogen-bond donors (Lipinski definition) is 1. The summed E-state index contributed by atoms with van der Waals surface area (Å²) in [6.07, 6.45) is 3.09. The Kier molecular flexibility index (Phi) is 9.13. The van der Waals surface area contributed by atoms with Crippen LogP contribution in [0.5, 0.6) is 5.75 Å². The smallest absolute Gasteiger partial charge is 0.341 e. The van der Waals surface area contributed by atoms with Crippen LogP contribution in [-0.4, -0.2) is 37.8 Å². The lowest BCUT2D eigenvalue weighted by Gasteiger charge is -2.28. The van der Waals surface area contributed by atoms with Gasteiger partial charge in [0.2, 0.25) is 0 Å². The van der Waals surface area contributed by atoms with E-state index in [-0.39, 0.29) is 11.5 Å². The Morgan fingerprint density at radius 2 is 1.77 bits per heavy atom. The maximum atomic E-state index is 12.8. The van der Waals surface area contributed by atoms with Gasteiger partial charge in [-0.1, -0.05) is 27.2 Å². The molecule has 1 atom stereocenters. The molecule has 0 heterocycles. The summed E-state index contributed by atoms with van der Waals surface area (Å²) in [6.45, 7) is 8.80. The van der Waals surface area contributed by atoms with Gasteiger partial charge in [0.1, 0.15) is 16.9 Å². The third-order valence-electron chi connectivity index (χ3n) is 3.94. The number of anilines is 1. The molecule has 0 aliphatic rings. The SMILES string of the molecule is CCCOc1ccc(NC(=O)C(C)(CCC)OCCC)cc1C(=O)OC. The standard InChI is InChI=1S/C20H31NO5/c1-6-11-20(4,26-13-8-3)19(23)21-15-9-10-17(25-12-7-2)16(14-15)18(22)24-5/h9-10,14H,6-8,11-13H2,1-5H3,(H,21,23). The normalized spacial score (nSPS) is 13.0. The highest BCUT2D eigenvalue weighted by Crippen LogP contribution is 2.26. The van der Waals surface area contributed by atoms with E-state index in [1.54, 1.807) is 25.1 Å². The highest BCUT2D eigenvalue weighted by molar-refractivity contribution is 5.99. The number of benzene rings is 1. The summed E-state index contributed by atoms with van der Waals surface area (Å²) in [5, 5.41) is 2.85. The van der Waals surface area contributed by atoms with Crippen molar-refractivity contribution in [3.05, 3.63) is 23.8 Å². The zero-order valence-electron chi connectivity index (χ0n) is 16.5. The van der Waals surface area contributed by atoms with Gasteiger partial charge in [0.25, 0.3) is 5.91 Å². The van der Waals surface area contributed by atoms with E-state index in [1.807, 2.05) is 20.8 Å². The molecule has 0 radical (unpaired) electrons. The van der Waals surface area contributed by atoms with Gasteiger partial charge in [-0.2, -0.15) is 0 Å². The molecule has 0 spiro atoms. The summed E-state index contributed by atoms with van der Waals surface area (Å²) >= 11 is 0. The minimum Gasteiger partial charge on any atom is -0.493 e. The second-order valence-electron chi connectivity index (χ2n) is 6.33. The van der Waals surface area contributed by atoms with E-state index in [9.17, 15) is 9.59 Å². The molecule has 0 aromatic heterocycles. The number of carbonyl (C=O) groups is 2. The van der Waals surface area contributed by atoms with Crippen molar-refractivity contribution in [2.24, 2.45) is 0 Å². The van der Waals surface area contributed by atoms with Crippen LogP contribution in [0.4, 0.5) is 5.69 Å². The molecule has 1 amide bonds. The van der Waals surface area contributed by atoms with Crippen molar-refractivity contribution in [2.75, 3.05) is 25.6 Å². The molecule has 1 aromatic carbocycles. The fourth-order valence-electron chi connectivity index (χ4n) is 2.53. The van der Waals surface area contributed by atoms with Crippen LogP contribution < -0.4 is 10.1 Å². The molecule has 0 saturated carbocycles. The molecule has 0 bridgehead atoms. The number of nitrogens with one attached hydrogen (secondary N) is 1. The number of esters is 1. The van der Waals surface area contributed by atoms with Gasteiger partial charge in [-0.05, 0) is 44.4 Å². The first-order chi connectivity index (χ1) is 12.4. The molecule has 0 aliphatic carbocycles. The van der Waals surface area contributed by atoms with Gasteiger partial charge in [0.05, 0.1) is 13.7 Å². The Balaban J connectivity index is 3.03. The Morgan fingerprint density at radius 3 is 2.35 bits per heavy atom. The largest absolute Gasteiger partial charge is 0.493 e. The topological polar surface area (TPSA) is 73.9 Å². The Labute approximate surface area is 156 Å². The molecule has 1 unspecified atom stereocenters. The van der Waals surface area contributed by atoms with Crippen molar-refractivity contribution in [1.82, 2.24) is 0 Å². The third-order valence-corrected chi connectivity index (χ3v) is 3.94. The van der Waals surface area contributed by atoms with E-state index in [4.69, 9.17) is 14.2 Å². The summed E-state index contributed by atoms with van der Waals surface area (Å²) < 4.78 is 16.2. The van der Waals surface area contributed by atoms with Gasteiger partial charge in [0.15, 0.2) is 0 Å². The lowest BCUT2D eigenvalue weighted by Crippen LogP contribution is -2.43. The molecular weight excluding hydrogens is 334 g/mol. The summed E-state index contributed by atoms with van der Waals surface area (Å²) in [5.41, 5.74) is -0.125. The van der Waals surface area contributed by atoms with Crippen LogP contribution in [0.15, 0.2) is 18.2 Å². The van der Waals surface area contributed by atoms with Crippen LogP contribution in [0, 0.1) is 0 Å². The molecular formula is C20H31NO5.